The van der Waals surface area contributed by atoms with Crippen LogP contribution >= 0.6 is 0 Å². The Balaban J connectivity index is 1.97. The number of carbonyl (C=O) groups excluding carboxylic acids is 12. The summed E-state index contributed by atoms with van der Waals surface area (Å²) in [5.74, 6) is -8.68. The quantitative estimate of drug-likeness (QED) is 0.112. The van der Waals surface area contributed by atoms with E-state index >= 15 is 19.2 Å². The summed E-state index contributed by atoms with van der Waals surface area (Å²) < 4.78 is 6.06. The molecule has 28 nitrogen and oxygen atoms in total. The van der Waals surface area contributed by atoms with Crippen LogP contribution in [0.25, 0.3) is 0 Å². The SMILES string of the molecule is CCCCN1CC(=O)N(C)[C@@H](CC(C)C)C(=O)N[C@@H](Cc2ccc(N(C)C)nc2)C(=O)N(C)[C@@H](CC(C)C)C(=O)N[C@@H]([C@@H](C)O)C(=O)N(C)CC(=O)N(C)[C@@H](Cc2ccccc2)C(=O)N(C)[C@@H](CC(C)C)C(=O)N[C@@H](COCCC(C)C)C(=O)N(C)[C@@H](C)C(=O)N[C@H](C(=O)N2CCCCC2)CC1=O. The molecule has 2 saturated heterocycles. The summed E-state index contributed by atoms with van der Waals surface area (Å²) in [7, 11) is 11.9. The number of ether oxygens (including phenoxy) is 1. The minimum atomic E-state index is -1.69. The van der Waals surface area contributed by atoms with Gasteiger partial charge in [0.2, 0.25) is 70.9 Å². The highest BCUT2D eigenvalue weighted by Gasteiger charge is 2.43. The summed E-state index contributed by atoms with van der Waals surface area (Å²) in [6.07, 6.45) is 3.23. The number of likely N-dealkylation sites (tertiary alicyclic amines) is 1. The molecule has 1 aromatic carbocycles. The number of pyridine rings is 1. The molecule has 103 heavy (non-hydrogen) atoms. The normalized spacial score (nSPS) is 23.9. The van der Waals surface area contributed by atoms with Crippen LogP contribution in [0.2, 0.25) is 0 Å². The maximum atomic E-state index is 15.4. The standard InChI is InChI=1S/C75H122N14O14/c1-20-21-33-89-45-65(93)84(16)58(37-48(4)5)68(95)78-55(40-54-30-31-62(76-43-54)81(12)13)71(98)86(18)60(39-50(8)9)70(97)80-66(52(11)90)75(102)82(14)44-64(92)85(17)61(41-53-28-24-22-25-29-53)74(101)87(19)59(38-49(6)7)69(96)79-57(46-103-36-32-47(2)3)72(99)83(15)51(10)67(94)77-56(42-63(89)91)73(100)88-34-26-23-27-35-88/h22,24-25,28-31,43,47-52,55-61,66,90H,20-21,23,26-27,32-42,44-46H2,1-19H3,(H,77,94)(H,78,95)(H,79,96)(H,80,97)/t51-,52+,55-,56-,57-,58-,59-,60-,61-,66-/m0/s1. The fourth-order valence-electron chi connectivity index (χ4n) is 12.4. The molecular formula is C75H122N14O14. The number of nitrogens with one attached hydrogen (secondary N) is 4. The van der Waals surface area contributed by atoms with Crippen molar-refractivity contribution >= 4 is 76.7 Å². The van der Waals surface area contributed by atoms with Gasteiger partial charge in [-0.1, -0.05) is 105 Å². The van der Waals surface area contributed by atoms with Gasteiger partial charge >= 0.3 is 0 Å². The molecule has 2 aliphatic heterocycles. The van der Waals surface area contributed by atoms with Crippen molar-refractivity contribution in [1.29, 1.82) is 0 Å². The Bertz CT molecular complexity index is 3140. The van der Waals surface area contributed by atoms with Crippen LogP contribution in [0.15, 0.2) is 48.7 Å². The summed E-state index contributed by atoms with van der Waals surface area (Å²) >= 11 is 0. The molecule has 0 bridgehead atoms. The Kier molecular flexibility index (Phi) is 35.4. The maximum absolute atomic E-state index is 15.4. The maximum Gasteiger partial charge on any atom is 0.248 e. The van der Waals surface area contributed by atoms with Gasteiger partial charge in [-0.3, -0.25) is 57.5 Å². The van der Waals surface area contributed by atoms with Crippen molar-refractivity contribution in [3.05, 3.63) is 59.8 Å². The van der Waals surface area contributed by atoms with E-state index in [0.29, 0.717) is 62.1 Å². The van der Waals surface area contributed by atoms with Crippen LogP contribution in [-0.2, 0) is 75.1 Å². The number of aromatic nitrogens is 1. The van der Waals surface area contributed by atoms with E-state index in [0.717, 1.165) is 16.2 Å². The Morgan fingerprint density at radius 1 is 0.573 bits per heavy atom. The van der Waals surface area contributed by atoms with Crippen LogP contribution in [0.1, 0.15) is 151 Å². The zero-order chi connectivity index (χ0) is 77.3. The number of aliphatic hydroxyl groups excluding tert-OH is 1. The van der Waals surface area contributed by atoms with Crippen LogP contribution in [-0.4, -0.2) is 283 Å². The second-order valence-corrected chi connectivity index (χ2v) is 29.9. The molecule has 576 valence electrons. The van der Waals surface area contributed by atoms with Crippen molar-refractivity contribution in [2.24, 2.45) is 23.7 Å². The summed E-state index contributed by atoms with van der Waals surface area (Å²) in [6, 6.07) is -0.150. The number of hydrogen-bond donors (Lipinski definition) is 5. The number of likely N-dealkylation sites (N-methyl/N-ethyl adjacent to an activating group) is 6. The van der Waals surface area contributed by atoms with E-state index in [2.05, 4.69) is 26.3 Å². The Hall–Kier alpha value is -8.27. The first-order chi connectivity index (χ1) is 48.4. The molecule has 0 saturated carbocycles. The van der Waals surface area contributed by atoms with Gasteiger partial charge in [-0.15, -0.1) is 0 Å². The minimum Gasteiger partial charge on any atom is -0.391 e. The molecule has 0 spiro atoms. The Labute approximate surface area is 611 Å². The van der Waals surface area contributed by atoms with Crippen molar-refractivity contribution in [2.75, 3.05) is 107 Å². The van der Waals surface area contributed by atoms with Crippen molar-refractivity contribution in [1.82, 2.24) is 65.5 Å². The van der Waals surface area contributed by atoms with Gasteiger partial charge in [-0.05, 0) is 106 Å². The van der Waals surface area contributed by atoms with Crippen LogP contribution in [0.4, 0.5) is 5.82 Å². The monoisotopic (exact) mass is 1440 g/mol. The fraction of sp³-hybridized carbons (Fsp3) is 0.693. The Morgan fingerprint density at radius 3 is 1.62 bits per heavy atom. The van der Waals surface area contributed by atoms with E-state index in [-0.39, 0.29) is 75.5 Å². The molecule has 1 aromatic heterocycles. The topological polar surface area (TPSA) is 324 Å². The van der Waals surface area contributed by atoms with E-state index in [4.69, 9.17) is 4.74 Å². The number of anilines is 1. The minimum absolute atomic E-state index is 0.0284. The summed E-state index contributed by atoms with van der Waals surface area (Å²) in [4.78, 5) is 196. The lowest BCUT2D eigenvalue weighted by Gasteiger charge is -2.37. The van der Waals surface area contributed by atoms with Crippen molar-refractivity contribution in [2.45, 2.75) is 214 Å². The van der Waals surface area contributed by atoms with Gasteiger partial charge in [0.05, 0.1) is 32.2 Å². The van der Waals surface area contributed by atoms with Crippen molar-refractivity contribution in [3.8, 4) is 0 Å². The average Bonchev–Trinajstić information content (AvgIpc) is 0.824. The van der Waals surface area contributed by atoms with Gasteiger partial charge in [-0.2, -0.15) is 0 Å². The van der Waals surface area contributed by atoms with Gasteiger partial charge in [-0.25, -0.2) is 4.98 Å². The highest BCUT2D eigenvalue weighted by Crippen LogP contribution is 2.23. The lowest BCUT2D eigenvalue weighted by molar-refractivity contribution is -0.151. The van der Waals surface area contributed by atoms with E-state index in [1.165, 1.54) is 80.6 Å². The molecule has 2 aliphatic rings. The summed E-state index contributed by atoms with van der Waals surface area (Å²) in [5, 5.41) is 22.5. The average molecular weight is 1440 g/mol. The van der Waals surface area contributed by atoms with Gasteiger partial charge in [0.15, 0.2) is 0 Å². The second kappa shape index (κ2) is 41.9. The molecule has 2 fully saturated rings. The number of amides is 12. The largest absolute Gasteiger partial charge is 0.391 e. The number of nitrogens with zero attached hydrogens (tertiary/aromatic N) is 10. The lowest BCUT2D eigenvalue weighted by atomic mass is 9.98. The van der Waals surface area contributed by atoms with Crippen molar-refractivity contribution in [3.63, 3.8) is 0 Å². The zero-order valence-electron chi connectivity index (χ0n) is 64.9. The third-order valence-electron chi connectivity index (χ3n) is 19.2. The van der Waals surface area contributed by atoms with Crippen molar-refractivity contribution < 1.29 is 67.4 Å². The molecule has 12 amide bonds. The molecule has 10 atom stereocenters. The van der Waals surface area contributed by atoms with Gasteiger partial charge in [0, 0.05) is 102 Å². The highest BCUT2D eigenvalue weighted by atomic mass is 16.5. The van der Waals surface area contributed by atoms with Gasteiger partial charge in [0.25, 0.3) is 0 Å². The number of aliphatic hydroxyl groups is 1. The predicted molar refractivity (Wildman–Crippen MR) is 393 cm³/mol. The fourth-order valence-corrected chi connectivity index (χ4v) is 12.4. The molecule has 28 heteroatoms. The first-order valence-electron chi connectivity index (χ1n) is 36.7. The zero-order valence-corrected chi connectivity index (χ0v) is 64.9. The third kappa shape index (κ3) is 26.4. The van der Waals surface area contributed by atoms with Crippen LogP contribution in [0.5, 0.6) is 0 Å². The molecule has 5 N–H and O–H groups in total. The summed E-state index contributed by atoms with van der Waals surface area (Å²) in [5.41, 5.74) is 1.17. The van der Waals surface area contributed by atoms with Crippen LogP contribution in [0.3, 0.4) is 0 Å². The van der Waals surface area contributed by atoms with Gasteiger partial charge < -0.3 is 75.2 Å². The molecule has 3 heterocycles. The van der Waals surface area contributed by atoms with E-state index < -0.39 is 151 Å². The highest BCUT2D eigenvalue weighted by molar-refractivity contribution is 6.00. The number of rotatable bonds is 21. The molecule has 2 aromatic rings. The smallest absolute Gasteiger partial charge is 0.248 e. The molecule has 4 rings (SSSR count). The third-order valence-corrected chi connectivity index (χ3v) is 19.2. The number of hydrogen-bond acceptors (Lipinski definition) is 16. The Morgan fingerprint density at radius 2 is 1.10 bits per heavy atom. The molecule has 0 radical (unpaired) electrons. The van der Waals surface area contributed by atoms with Gasteiger partial charge in [0.1, 0.15) is 60.2 Å². The molecular weight excluding hydrogens is 1320 g/mol. The number of unbranched alkanes of at least 4 members (excludes halogenated alkanes) is 1. The second-order valence-electron chi connectivity index (χ2n) is 29.9. The predicted octanol–water partition coefficient (Wildman–Crippen LogP) is 3.11. The first kappa shape index (κ1) is 87.1. The number of benzene rings is 1. The summed E-state index contributed by atoms with van der Waals surface area (Å²) in [6.45, 7) is 19.1. The molecule has 0 aliphatic carbocycles. The number of piperidine rings is 1. The van der Waals surface area contributed by atoms with Crippen LogP contribution < -0.4 is 26.2 Å². The lowest BCUT2D eigenvalue weighted by Crippen LogP contribution is -2.61. The van der Waals surface area contributed by atoms with Crippen LogP contribution in [0, 0.1) is 23.7 Å². The molecule has 0 unspecified atom stereocenters. The first-order valence-corrected chi connectivity index (χ1v) is 36.7. The van der Waals surface area contributed by atoms with E-state index in [1.54, 1.807) is 58.5 Å². The van der Waals surface area contributed by atoms with E-state index in [1.807, 2.05) is 76.4 Å². The number of carbonyl (C=O) groups is 12. The van der Waals surface area contributed by atoms with E-state index in [9.17, 15) is 43.5 Å².